The summed E-state index contributed by atoms with van der Waals surface area (Å²) in [5, 5.41) is 3.24. The molecule has 1 N–H and O–H groups in total. The molecule has 22 heavy (non-hydrogen) atoms. The molecule has 112 valence electrons. The van der Waals surface area contributed by atoms with Crippen LogP contribution in [0.2, 0.25) is 0 Å². The Bertz CT molecular complexity index is 747. The van der Waals surface area contributed by atoms with Crippen molar-refractivity contribution in [2.75, 3.05) is 11.9 Å². The highest BCUT2D eigenvalue weighted by atomic mass is 79.9. The van der Waals surface area contributed by atoms with Crippen LogP contribution in [0.3, 0.4) is 0 Å². The first-order valence-electron chi connectivity index (χ1n) is 6.84. The molecule has 3 rings (SSSR count). The van der Waals surface area contributed by atoms with Crippen LogP contribution in [0.1, 0.15) is 22.1 Å². The quantitative estimate of drug-likeness (QED) is 0.825. The summed E-state index contributed by atoms with van der Waals surface area (Å²) in [6.07, 6.45) is 1.06. The van der Waals surface area contributed by atoms with Crippen LogP contribution in [0.15, 0.2) is 59.6 Å². The van der Waals surface area contributed by atoms with E-state index in [-0.39, 0.29) is 11.7 Å². The number of benzene rings is 2. The lowest BCUT2D eigenvalue weighted by Crippen LogP contribution is -2.43. The topological polar surface area (TPSA) is 32.3 Å². The molecular weight excluding hydrogens is 347 g/mol. The number of fused-ring (bicyclic) bond motifs is 1. The normalized spacial score (nSPS) is 16.9. The van der Waals surface area contributed by atoms with E-state index in [9.17, 15) is 9.18 Å². The lowest BCUT2D eigenvalue weighted by molar-refractivity contribution is 0.0705. The lowest BCUT2D eigenvalue weighted by atomic mass is 10.0. The Hall–Kier alpha value is -2.14. The zero-order chi connectivity index (χ0) is 15.7. The third-order valence-corrected chi connectivity index (χ3v) is 4.09. The molecular formula is C17H14BrFN2O. The molecule has 1 atom stereocenters. The number of hydrogen-bond acceptors (Lipinski definition) is 2. The average Bonchev–Trinajstić information content (AvgIpc) is 2.52. The number of nitrogens with zero attached hydrogens (tertiary/aromatic N) is 1. The molecule has 0 spiro atoms. The SMILES string of the molecule is C=CCN1C(=O)c2ccccc2NC1c1cc(Br)ccc1F. The smallest absolute Gasteiger partial charge is 0.258 e. The predicted molar refractivity (Wildman–Crippen MR) is 88.1 cm³/mol. The van der Waals surface area contributed by atoms with Crippen LogP contribution in [-0.4, -0.2) is 17.4 Å². The van der Waals surface area contributed by atoms with Crippen LogP contribution in [0.5, 0.6) is 0 Å². The van der Waals surface area contributed by atoms with Gasteiger partial charge in [-0.15, -0.1) is 6.58 Å². The van der Waals surface area contributed by atoms with Gasteiger partial charge in [-0.25, -0.2) is 4.39 Å². The van der Waals surface area contributed by atoms with E-state index in [1.165, 1.54) is 6.07 Å². The van der Waals surface area contributed by atoms with Gasteiger partial charge in [0.05, 0.1) is 5.56 Å². The first-order chi connectivity index (χ1) is 10.6. The fourth-order valence-electron chi connectivity index (χ4n) is 2.59. The van der Waals surface area contributed by atoms with E-state index >= 15 is 0 Å². The van der Waals surface area contributed by atoms with E-state index in [1.54, 1.807) is 29.2 Å². The van der Waals surface area contributed by atoms with E-state index in [4.69, 9.17) is 0 Å². The Kier molecular flexibility index (Phi) is 3.98. The first-order valence-corrected chi connectivity index (χ1v) is 7.63. The number of carbonyl (C=O) groups is 1. The van der Waals surface area contributed by atoms with Crippen molar-refractivity contribution in [2.24, 2.45) is 0 Å². The molecule has 2 aromatic carbocycles. The minimum atomic E-state index is -0.571. The third kappa shape index (κ3) is 2.52. The van der Waals surface area contributed by atoms with Crippen molar-refractivity contribution in [2.45, 2.75) is 6.17 Å². The fraction of sp³-hybridized carbons (Fsp3) is 0.118. The molecule has 2 aromatic rings. The number of hydrogen-bond donors (Lipinski definition) is 1. The summed E-state index contributed by atoms with van der Waals surface area (Å²) in [5.74, 6) is -0.499. The van der Waals surface area contributed by atoms with Gasteiger partial charge in [0.1, 0.15) is 12.0 Å². The first kappa shape index (κ1) is 14.8. The van der Waals surface area contributed by atoms with Crippen molar-refractivity contribution < 1.29 is 9.18 Å². The fourth-order valence-corrected chi connectivity index (χ4v) is 2.97. The van der Waals surface area contributed by atoms with Gasteiger partial charge in [0.25, 0.3) is 5.91 Å². The van der Waals surface area contributed by atoms with Crippen molar-refractivity contribution in [3.05, 3.63) is 76.5 Å². The summed E-state index contributed by atoms with van der Waals surface area (Å²) < 4.78 is 15.0. The van der Waals surface area contributed by atoms with Crippen LogP contribution in [-0.2, 0) is 0 Å². The number of carbonyl (C=O) groups excluding carboxylic acids is 1. The summed E-state index contributed by atoms with van der Waals surface area (Å²) in [6, 6.07) is 11.9. The Morgan fingerprint density at radius 2 is 2.09 bits per heavy atom. The number of rotatable bonds is 3. The third-order valence-electron chi connectivity index (χ3n) is 3.60. The Labute approximate surface area is 136 Å². The van der Waals surface area contributed by atoms with E-state index in [0.717, 1.165) is 4.47 Å². The summed E-state index contributed by atoms with van der Waals surface area (Å²) in [5.41, 5.74) is 1.70. The van der Waals surface area contributed by atoms with Gasteiger partial charge in [0.15, 0.2) is 0 Å². The molecule has 5 heteroatoms. The molecule has 3 nitrogen and oxygen atoms in total. The lowest BCUT2D eigenvalue weighted by Gasteiger charge is -2.37. The van der Waals surface area contributed by atoms with Crippen molar-refractivity contribution in [3.8, 4) is 0 Å². The van der Waals surface area contributed by atoms with E-state index in [1.807, 2.05) is 18.2 Å². The molecule has 1 unspecified atom stereocenters. The summed E-state index contributed by atoms with van der Waals surface area (Å²) in [7, 11) is 0. The average molecular weight is 361 g/mol. The van der Waals surface area contributed by atoms with Crippen LogP contribution < -0.4 is 5.32 Å². The largest absolute Gasteiger partial charge is 0.361 e. The second kappa shape index (κ2) is 5.93. The molecule has 0 aromatic heterocycles. The van der Waals surface area contributed by atoms with Gasteiger partial charge in [-0.1, -0.05) is 34.1 Å². The van der Waals surface area contributed by atoms with E-state index in [0.29, 0.717) is 23.4 Å². The highest BCUT2D eigenvalue weighted by Crippen LogP contribution is 2.34. The van der Waals surface area contributed by atoms with Crippen LogP contribution in [0.4, 0.5) is 10.1 Å². The number of halogens is 2. The van der Waals surface area contributed by atoms with Crippen LogP contribution in [0.25, 0.3) is 0 Å². The zero-order valence-corrected chi connectivity index (χ0v) is 13.3. The van der Waals surface area contributed by atoms with E-state index in [2.05, 4.69) is 27.8 Å². The van der Waals surface area contributed by atoms with Gasteiger partial charge in [-0.05, 0) is 30.3 Å². The van der Waals surface area contributed by atoms with Gasteiger partial charge in [-0.2, -0.15) is 0 Å². The van der Waals surface area contributed by atoms with Gasteiger partial charge in [-0.3, -0.25) is 4.79 Å². The summed E-state index contributed by atoms with van der Waals surface area (Å²) in [6.45, 7) is 4.02. The maximum atomic E-state index is 14.2. The number of anilines is 1. The Morgan fingerprint density at radius 3 is 2.86 bits per heavy atom. The zero-order valence-electron chi connectivity index (χ0n) is 11.7. The van der Waals surface area contributed by atoms with Crippen molar-refractivity contribution in [1.82, 2.24) is 4.90 Å². The highest BCUT2D eigenvalue weighted by molar-refractivity contribution is 9.10. The molecule has 0 saturated carbocycles. The molecule has 1 aliphatic rings. The molecule has 1 heterocycles. The number of para-hydroxylation sites is 1. The molecule has 0 fully saturated rings. The number of amides is 1. The molecule has 0 aliphatic carbocycles. The van der Waals surface area contributed by atoms with Crippen molar-refractivity contribution >= 4 is 27.5 Å². The molecule has 0 bridgehead atoms. The molecule has 1 amide bonds. The monoisotopic (exact) mass is 360 g/mol. The Morgan fingerprint density at radius 1 is 1.32 bits per heavy atom. The highest BCUT2D eigenvalue weighted by Gasteiger charge is 2.33. The van der Waals surface area contributed by atoms with Crippen molar-refractivity contribution in [1.29, 1.82) is 0 Å². The molecule has 0 saturated heterocycles. The number of nitrogens with one attached hydrogen (secondary N) is 1. The maximum Gasteiger partial charge on any atom is 0.258 e. The van der Waals surface area contributed by atoms with E-state index < -0.39 is 6.17 Å². The minimum absolute atomic E-state index is 0.140. The molecule has 1 aliphatic heterocycles. The minimum Gasteiger partial charge on any atom is -0.361 e. The van der Waals surface area contributed by atoms with Crippen LogP contribution in [0, 0.1) is 5.82 Å². The van der Waals surface area contributed by atoms with Gasteiger partial charge in [0.2, 0.25) is 0 Å². The van der Waals surface area contributed by atoms with Gasteiger partial charge in [0, 0.05) is 22.3 Å². The summed E-state index contributed by atoms with van der Waals surface area (Å²) >= 11 is 3.35. The van der Waals surface area contributed by atoms with Gasteiger partial charge < -0.3 is 10.2 Å². The maximum absolute atomic E-state index is 14.2. The standard InChI is InChI=1S/C17H14BrFN2O/c1-2-9-21-16(13-10-11(18)7-8-14(13)19)20-15-6-4-3-5-12(15)17(21)22/h2-8,10,16,20H,1,9H2. The summed E-state index contributed by atoms with van der Waals surface area (Å²) in [4.78, 5) is 14.3. The van der Waals surface area contributed by atoms with Crippen LogP contribution >= 0.6 is 15.9 Å². The predicted octanol–water partition coefficient (Wildman–Crippen LogP) is 4.34. The Balaban J connectivity index is 2.11. The van der Waals surface area contributed by atoms with Crippen molar-refractivity contribution in [3.63, 3.8) is 0 Å². The second-order valence-electron chi connectivity index (χ2n) is 5.00. The van der Waals surface area contributed by atoms with Gasteiger partial charge >= 0.3 is 0 Å². The second-order valence-corrected chi connectivity index (χ2v) is 5.92. The molecule has 0 radical (unpaired) electrons.